The summed E-state index contributed by atoms with van der Waals surface area (Å²) in [5, 5.41) is 4.36. The Morgan fingerprint density at radius 3 is 2.92 bits per heavy atom. The van der Waals surface area contributed by atoms with Gasteiger partial charge < -0.3 is 9.64 Å². The van der Waals surface area contributed by atoms with E-state index in [1.165, 1.54) is 9.58 Å². The number of aromatic nitrogens is 2. The fraction of sp³-hybridized carbons (Fsp3) is 0.647. The first-order chi connectivity index (χ1) is 11.4. The van der Waals surface area contributed by atoms with Crippen LogP contribution in [0.3, 0.4) is 0 Å². The van der Waals surface area contributed by atoms with Crippen LogP contribution in [0.5, 0.6) is 0 Å². The smallest absolute Gasteiger partial charge is 0.410 e. The van der Waals surface area contributed by atoms with Gasteiger partial charge in [-0.1, -0.05) is 25.5 Å². The minimum Gasteiger partial charge on any atom is -0.449 e. The molecule has 0 unspecified atom stereocenters. The van der Waals surface area contributed by atoms with Gasteiger partial charge in [-0.15, -0.1) is 0 Å². The lowest BCUT2D eigenvalue weighted by molar-refractivity contribution is -0.0196. The number of rotatable bonds is 3. The Kier molecular flexibility index (Phi) is 4.60. The fourth-order valence-corrected chi connectivity index (χ4v) is 3.24. The van der Waals surface area contributed by atoms with Crippen LogP contribution in [0, 0.1) is 0 Å². The maximum Gasteiger partial charge on any atom is 0.410 e. The SMILES string of the molecule is C=C1CCC(F)(F)c2c3c(nn2C1)CCN(C(=O)OCCCC)C3. The van der Waals surface area contributed by atoms with Crippen LogP contribution < -0.4 is 0 Å². The highest BCUT2D eigenvalue weighted by atomic mass is 19.3. The molecule has 0 saturated carbocycles. The molecule has 0 aromatic carbocycles. The molecule has 3 heterocycles. The normalized spacial score (nSPS) is 19.5. The number of allylic oxidation sites excluding steroid dienone is 1. The van der Waals surface area contributed by atoms with Gasteiger partial charge in [-0.05, 0) is 12.8 Å². The lowest BCUT2D eigenvalue weighted by Gasteiger charge is -2.27. The van der Waals surface area contributed by atoms with E-state index in [-0.39, 0.29) is 25.1 Å². The van der Waals surface area contributed by atoms with Gasteiger partial charge in [0.1, 0.15) is 5.69 Å². The minimum absolute atomic E-state index is 0.0535. The summed E-state index contributed by atoms with van der Waals surface area (Å²) in [5.41, 5.74) is 1.84. The van der Waals surface area contributed by atoms with Crippen molar-refractivity contribution in [3.05, 3.63) is 29.1 Å². The Hall–Kier alpha value is -1.92. The third kappa shape index (κ3) is 3.16. The van der Waals surface area contributed by atoms with Crippen molar-refractivity contribution in [1.82, 2.24) is 14.7 Å². The van der Waals surface area contributed by atoms with Gasteiger partial charge in [0.05, 0.1) is 25.4 Å². The zero-order valence-corrected chi connectivity index (χ0v) is 14.0. The second kappa shape index (κ2) is 6.53. The summed E-state index contributed by atoms with van der Waals surface area (Å²) in [6.07, 6.45) is 1.80. The second-order valence-corrected chi connectivity index (χ2v) is 6.53. The number of fused-ring (bicyclic) bond motifs is 3. The van der Waals surface area contributed by atoms with Crippen molar-refractivity contribution < 1.29 is 18.3 Å². The number of unbranched alkanes of at least 4 members (excludes halogenated alkanes) is 1. The van der Waals surface area contributed by atoms with E-state index < -0.39 is 12.0 Å². The zero-order valence-electron chi connectivity index (χ0n) is 14.0. The summed E-state index contributed by atoms with van der Waals surface area (Å²) in [5.74, 6) is -2.95. The number of carbonyl (C=O) groups is 1. The van der Waals surface area contributed by atoms with Crippen LogP contribution in [-0.2, 0) is 30.2 Å². The van der Waals surface area contributed by atoms with Gasteiger partial charge in [0.15, 0.2) is 0 Å². The molecule has 2 aliphatic rings. The Balaban J connectivity index is 1.84. The number of alkyl halides is 2. The van der Waals surface area contributed by atoms with Crippen LogP contribution in [0.25, 0.3) is 0 Å². The zero-order chi connectivity index (χ0) is 17.3. The highest BCUT2D eigenvalue weighted by Crippen LogP contribution is 2.41. The molecule has 0 atom stereocenters. The molecular formula is C17H23F2N3O2. The van der Waals surface area contributed by atoms with Gasteiger partial charge in [0, 0.05) is 24.9 Å². The molecule has 0 N–H and O–H groups in total. The molecule has 5 nitrogen and oxygen atoms in total. The summed E-state index contributed by atoms with van der Waals surface area (Å²) in [6.45, 7) is 7.13. The summed E-state index contributed by atoms with van der Waals surface area (Å²) in [6, 6.07) is 0. The molecule has 1 aromatic heterocycles. The molecule has 24 heavy (non-hydrogen) atoms. The summed E-state index contributed by atoms with van der Waals surface area (Å²) in [7, 11) is 0. The largest absolute Gasteiger partial charge is 0.449 e. The average Bonchev–Trinajstić information content (AvgIpc) is 2.85. The first kappa shape index (κ1) is 16.9. The monoisotopic (exact) mass is 339 g/mol. The number of hydrogen-bond donors (Lipinski definition) is 0. The van der Waals surface area contributed by atoms with E-state index in [2.05, 4.69) is 11.7 Å². The number of nitrogens with zero attached hydrogens (tertiary/aromatic N) is 3. The summed E-state index contributed by atoms with van der Waals surface area (Å²) in [4.78, 5) is 13.6. The molecule has 3 rings (SSSR count). The van der Waals surface area contributed by atoms with Gasteiger partial charge in [0.25, 0.3) is 5.92 Å². The Morgan fingerprint density at radius 1 is 1.38 bits per heavy atom. The van der Waals surface area contributed by atoms with Gasteiger partial charge in [-0.3, -0.25) is 4.68 Å². The Bertz CT molecular complexity index is 655. The maximum atomic E-state index is 14.6. The number of ether oxygens (including phenoxy) is 1. The predicted molar refractivity (Wildman–Crippen MR) is 84.9 cm³/mol. The fourth-order valence-electron chi connectivity index (χ4n) is 3.24. The van der Waals surface area contributed by atoms with E-state index in [9.17, 15) is 13.6 Å². The number of hydrogen-bond acceptors (Lipinski definition) is 3. The van der Waals surface area contributed by atoms with Crippen molar-refractivity contribution in [2.75, 3.05) is 13.2 Å². The van der Waals surface area contributed by atoms with Crippen molar-refractivity contribution in [3.63, 3.8) is 0 Å². The molecule has 7 heteroatoms. The lowest BCUT2D eigenvalue weighted by atomic mass is 10.00. The lowest BCUT2D eigenvalue weighted by Crippen LogP contribution is -2.37. The van der Waals surface area contributed by atoms with Crippen LogP contribution in [0.2, 0.25) is 0 Å². The van der Waals surface area contributed by atoms with Crippen LogP contribution >= 0.6 is 0 Å². The molecule has 0 radical (unpaired) electrons. The number of amides is 1. The van der Waals surface area contributed by atoms with E-state index in [4.69, 9.17) is 4.74 Å². The van der Waals surface area contributed by atoms with E-state index >= 15 is 0 Å². The van der Waals surface area contributed by atoms with Gasteiger partial charge in [-0.25, -0.2) is 4.79 Å². The van der Waals surface area contributed by atoms with Crippen LogP contribution in [0.1, 0.15) is 49.6 Å². The van der Waals surface area contributed by atoms with Crippen molar-refractivity contribution in [3.8, 4) is 0 Å². The summed E-state index contributed by atoms with van der Waals surface area (Å²) >= 11 is 0. The van der Waals surface area contributed by atoms with Crippen LogP contribution in [0.15, 0.2) is 12.2 Å². The predicted octanol–water partition coefficient (Wildman–Crippen LogP) is 3.62. The number of halogens is 2. The first-order valence-electron chi connectivity index (χ1n) is 8.47. The highest BCUT2D eigenvalue weighted by molar-refractivity contribution is 5.68. The quantitative estimate of drug-likeness (QED) is 0.624. The molecule has 2 aliphatic heterocycles. The van der Waals surface area contributed by atoms with Crippen molar-refractivity contribution in [1.29, 1.82) is 0 Å². The highest BCUT2D eigenvalue weighted by Gasteiger charge is 2.42. The average molecular weight is 339 g/mol. The Morgan fingerprint density at radius 2 is 2.17 bits per heavy atom. The van der Waals surface area contributed by atoms with Gasteiger partial charge >= 0.3 is 6.09 Å². The molecule has 1 amide bonds. The van der Waals surface area contributed by atoms with E-state index in [1.807, 2.05) is 6.92 Å². The standard InChI is InChI=1S/C17H23F2N3O2/c1-3-4-9-24-16(23)21-8-6-14-13(11-21)15-17(18,19)7-5-12(2)10-22(15)20-14/h2-11H2,1H3. The van der Waals surface area contributed by atoms with Crippen LogP contribution in [0.4, 0.5) is 13.6 Å². The van der Waals surface area contributed by atoms with Crippen molar-refractivity contribution in [2.24, 2.45) is 0 Å². The minimum atomic E-state index is -2.95. The Labute approximate surface area is 140 Å². The molecule has 1 aromatic rings. The van der Waals surface area contributed by atoms with Crippen molar-refractivity contribution >= 4 is 6.09 Å². The third-order valence-electron chi connectivity index (χ3n) is 4.60. The molecule has 132 valence electrons. The molecule has 0 bridgehead atoms. The summed E-state index contributed by atoms with van der Waals surface area (Å²) < 4.78 is 35.8. The molecule has 0 saturated heterocycles. The second-order valence-electron chi connectivity index (χ2n) is 6.53. The molecule has 0 spiro atoms. The van der Waals surface area contributed by atoms with E-state index in [1.54, 1.807) is 0 Å². The topological polar surface area (TPSA) is 47.4 Å². The van der Waals surface area contributed by atoms with E-state index in [0.717, 1.165) is 18.4 Å². The molecule has 0 fully saturated rings. The molecular weight excluding hydrogens is 316 g/mol. The number of carbonyl (C=O) groups excluding carboxylic acids is 1. The van der Waals surface area contributed by atoms with Crippen molar-refractivity contribution in [2.45, 2.75) is 58.0 Å². The third-order valence-corrected chi connectivity index (χ3v) is 4.60. The van der Waals surface area contributed by atoms with Gasteiger partial charge in [0.2, 0.25) is 0 Å². The van der Waals surface area contributed by atoms with Gasteiger partial charge in [-0.2, -0.15) is 13.9 Å². The van der Waals surface area contributed by atoms with Crippen LogP contribution in [-0.4, -0.2) is 33.9 Å². The first-order valence-corrected chi connectivity index (χ1v) is 8.47. The maximum absolute atomic E-state index is 14.6. The molecule has 0 aliphatic carbocycles. The van der Waals surface area contributed by atoms with E-state index in [0.29, 0.717) is 37.4 Å².